The maximum absolute atomic E-state index is 11.0. The van der Waals surface area contributed by atoms with Gasteiger partial charge in [0, 0.05) is 11.6 Å². The van der Waals surface area contributed by atoms with Crippen molar-refractivity contribution in [1.29, 1.82) is 0 Å². The van der Waals surface area contributed by atoms with E-state index in [9.17, 15) is 8.42 Å². The molecule has 0 spiro atoms. The maximum Gasteiger partial charge on any atom is 0.294 e. The molecule has 78 valence electrons. The summed E-state index contributed by atoms with van der Waals surface area (Å²) in [6, 6.07) is 6.29. The summed E-state index contributed by atoms with van der Waals surface area (Å²) in [5.41, 5.74) is 1.46. The highest BCUT2D eigenvalue weighted by atomic mass is 32.2. The standard InChI is InChI=1S/C10H9NO3S/c1-7-5-9(15(12,13)14)6-8-3-2-4-11-10(7)8/h2-6H,1H3,(H,12,13,14). The highest BCUT2D eigenvalue weighted by Crippen LogP contribution is 2.20. The van der Waals surface area contributed by atoms with Crippen LogP contribution in [0.25, 0.3) is 10.9 Å². The molecule has 1 aromatic carbocycles. The molecule has 0 unspecified atom stereocenters. The molecule has 0 aliphatic rings. The van der Waals surface area contributed by atoms with Crippen molar-refractivity contribution in [1.82, 2.24) is 4.98 Å². The highest BCUT2D eigenvalue weighted by Gasteiger charge is 2.11. The monoisotopic (exact) mass is 223 g/mol. The van der Waals surface area contributed by atoms with Gasteiger partial charge in [0.05, 0.1) is 10.4 Å². The molecule has 0 saturated carbocycles. The zero-order valence-electron chi connectivity index (χ0n) is 8.01. The Morgan fingerprint density at radius 3 is 2.73 bits per heavy atom. The number of hydrogen-bond donors (Lipinski definition) is 1. The minimum Gasteiger partial charge on any atom is -0.282 e. The van der Waals surface area contributed by atoms with Gasteiger partial charge in [0.15, 0.2) is 0 Å². The third-order valence-electron chi connectivity index (χ3n) is 2.17. The number of nitrogens with zero attached hydrogens (tertiary/aromatic N) is 1. The smallest absolute Gasteiger partial charge is 0.282 e. The van der Waals surface area contributed by atoms with Crippen molar-refractivity contribution in [2.24, 2.45) is 0 Å². The summed E-state index contributed by atoms with van der Waals surface area (Å²) in [5, 5.41) is 0.699. The first-order chi connectivity index (χ1) is 6.98. The number of aromatic nitrogens is 1. The largest absolute Gasteiger partial charge is 0.294 e. The fraction of sp³-hybridized carbons (Fsp3) is 0.100. The van der Waals surface area contributed by atoms with Crippen molar-refractivity contribution in [3.05, 3.63) is 36.0 Å². The normalized spacial score (nSPS) is 11.9. The van der Waals surface area contributed by atoms with Crippen LogP contribution in [0, 0.1) is 6.92 Å². The summed E-state index contributed by atoms with van der Waals surface area (Å²) in [6.45, 7) is 1.75. The molecule has 15 heavy (non-hydrogen) atoms. The van der Waals surface area contributed by atoms with Crippen LogP contribution < -0.4 is 0 Å². The third-order valence-corrected chi connectivity index (χ3v) is 3.00. The van der Waals surface area contributed by atoms with Crippen molar-refractivity contribution in [3.63, 3.8) is 0 Å². The van der Waals surface area contributed by atoms with E-state index in [1.54, 1.807) is 25.3 Å². The van der Waals surface area contributed by atoms with Crippen molar-refractivity contribution in [2.45, 2.75) is 11.8 Å². The molecule has 4 nitrogen and oxygen atoms in total. The van der Waals surface area contributed by atoms with Gasteiger partial charge in [-0.2, -0.15) is 8.42 Å². The van der Waals surface area contributed by atoms with Crippen LogP contribution in [0.5, 0.6) is 0 Å². The van der Waals surface area contributed by atoms with Crippen LogP contribution in [0.2, 0.25) is 0 Å². The lowest BCUT2D eigenvalue weighted by Gasteiger charge is -2.03. The summed E-state index contributed by atoms with van der Waals surface area (Å²) in [5.74, 6) is 0. The Bertz CT molecular complexity index is 620. The first kappa shape index (κ1) is 10.1. The fourth-order valence-corrected chi connectivity index (χ4v) is 2.09. The number of hydrogen-bond acceptors (Lipinski definition) is 3. The second-order valence-corrected chi connectivity index (χ2v) is 4.71. The van der Waals surface area contributed by atoms with Gasteiger partial charge in [-0.05, 0) is 30.7 Å². The average Bonchev–Trinajstić information content (AvgIpc) is 2.16. The lowest BCUT2D eigenvalue weighted by molar-refractivity contribution is 0.483. The van der Waals surface area contributed by atoms with E-state index in [2.05, 4.69) is 4.98 Å². The molecular weight excluding hydrogens is 214 g/mol. The topological polar surface area (TPSA) is 67.3 Å². The Labute approximate surface area is 87.3 Å². The molecule has 2 aromatic rings. The second kappa shape index (κ2) is 3.29. The molecule has 0 aliphatic carbocycles. The van der Waals surface area contributed by atoms with Crippen molar-refractivity contribution < 1.29 is 13.0 Å². The predicted molar refractivity (Wildman–Crippen MR) is 56.3 cm³/mol. The van der Waals surface area contributed by atoms with Gasteiger partial charge in [-0.3, -0.25) is 9.54 Å². The number of rotatable bonds is 1. The van der Waals surface area contributed by atoms with Crippen LogP contribution >= 0.6 is 0 Å². The first-order valence-electron chi connectivity index (χ1n) is 4.31. The van der Waals surface area contributed by atoms with E-state index in [-0.39, 0.29) is 4.90 Å². The minimum absolute atomic E-state index is 0.0968. The van der Waals surface area contributed by atoms with Gasteiger partial charge in [-0.15, -0.1) is 0 Å². The van der Waals surface area contributed by atoms with Crippen molar-refractivity contribution >= 4 is 21.0 Å². The quantitative estimate of drug-likeness (QED) is 0.748. The Morgan fingerprint density at radius 2 is 2.07 bits per heavy atom. The molecule has 2 rings (SSSR count). The molecule has 0 fully saturated rings. The number of fused-ring (bicyclic) bond motifs is 1. The van der Waals surface area contributed by atoms with Crippen LogP contribution in [-0.2, 0) is 10.1 Å². The Balaban J connectivity index is 2.85. The van der Waals surface area contributed by atoms with E-state index >= 15 is 0 Å². The third kappa shape index (κ3) is 1.84. The van der Waals surface area contributed by atoms with Crippen LogP contribution in [0.1, 0.15) is 5.56 Å². The van der Waals surface area contributed by atoms with Gasteiger partial charge in [-0.25, -0.2) is 0 Å². The fourth-order valence-electron chi connectivity index (χ4n) is 1.49. The van der Waals surface area contributed by atoms with Crippen LogP contribution in [0.15, 0.2) is 35.4 Å². The van der Waals surface area contributed by atoms with Crippen LogP contribution in [-0.4, -0.2) is 18.0 Å². The Morgan fingerprint density at radius 1 is 1.33 bits per heavy atom. The first-order valence-corrected chi connectivity index (χ1v) is 5.75. The Hall–Kier alpha value is -1.46. The summed E-state index contributed by atoms with van der Waals surface area (Å²) in [7, 11) is -4.14. The van der Waals surface area contributed by atoms with E-state index in [0.717, 1.165) is 11.1 Å². The SMILES string of the molecule is Cc1cc(S(=O)(=O)O)cc2cccnc12. The van der Waals surface area contributed by atoms with E-state index in [1.807, 2.05) is 0 Å². The summed E-state index contributed by atoms with van der Waals surface area (Å²) in [4.78, 5) is 4.03. The maximum atomic E-state index is 11.0. The van der Waals surface area contributed by atoms with Gasteiger partial charge >= 0.3 is 0 Å². The Kier molecular flexibility index (Phi) is 2.21. The molecule has 0 atom stereocenters. The number of benzene rings is 1. The van der Waals surface area contributed by atoms with Gasteiger partial charge in [-0.1, -0.05) is 6.07 Å². The molecular formula is C10H9NO3S. The second-order valence-electron chi connectivity index (χ2n) is 3.29. The molecule has 5 heteroatoms. The van der Waals surface area contributed by atoms with Gasteiger partial charge < -0.3 is 0 Å². The van der Waals surface area contributed by atoms with E-state index in [4.69, 9.17) is 4.55 Å². The number of aryl methyl sites for hydroxylation is 1. The van der Waals surface area contributed by atoms with E-state index in [1.165, 1.54) is 12.1 Å². The summed E-state index contributed by atoms with van der Waals surface area (Å²) >= 11 is 0. The minimum atomic E-state index is -4.14. The molecule has 1 heterocycles. The molecule has 0 aliphatic heterocycles. The van der Waals surface area contributed by atoms with E-state index in [0.29, 0.717) is 5.39 Å². The van der Waals surface area contributed by atoms with Crippen molar-refractivity contribution in [2.75, 3.05) is 0 Å². The van der Waals surface area contributed by atoms with Crippen LogP contribution in [0.4, 0.5) is 0 Å². The van der Waals surface area contributed by atoms with Crippen LogP contribution in [0.3, 0.4) is 0 Å². The summed E-state index contributed by atoms with van der Waals surface area (Å²) in [6.07, 6.45) is 1.64. The number of pyridine rings is 1. The molecule has 1 N–H and O–H groups in total. The zero-order chi connectivity index (χ0) is 11.1. The van der Waals surface area contributed by atoms with Gasteiger partial charge in [0.25, 0.3) is 10.1 Å². The molecule has 0 radical (unpaired) electrons. The van der Waals surface area contributed by atoms with Gasteiger partial charge in [0.2, 0.25) is 0 Å². The average molecular weight is 223 g/mol. The summed E-state index contributed by atoms with van der Waals surface area (Å²) < 4.78 is 30.9. The zero-order valence-corrected chi connectivity index (χ0v) is 8.82. The van der Waals surface area contributed by atoms with Gasteiger partial charge in [0.1, 0.15) is 0 Å². The van der Waals surface area contributed by atoms with E-state index < -0.39 is 10.1 Å². The molecule has 1 aromatic heterocycles. The predicted octanol–water partition coefficient (Wildman–Crippen LogP) is 1.79. The lowest BCUT2D eigenvalue weighted by atomic mass is 10.1. The molecule has 0 saturated heterocycles. The van der Waals surface area contributed by atoms with Crippen molar-refractivity contribution in [3.8, 4) is 0 Å². The lowest BCUT2D eigenvalue weighted by Crippen LogP contribution is -1.99. The molecule has 0 amide bonds. The molecule has 0 bridgehead atoms. The highest BCUT2D eigenvalue weighted by molar-refractivity contribution is 7.85.